The van der Waals surface area contributed by atoms with Gasteiger partial charge < -0.3 is 15.1 Å². The third-order valence-electron chi connectivity index (χ3n) is 3.60. The first-order valence-corrected chi connectivity index (χ1v) is 7.68. The molecule has 1 aromatic rings. The summed E-state index contributed by atoms with van der Waals surface area (Å²) in [7, 11) is 1.90. The number of hydrogen-bond acceptors (Lipinski definition) is 5. The van der Waals surface area contributed by atoms with E-state index in [2.05, 4.69) is 22.2 Å². The molecule has 0 bridgehead atoms. The van der Waals surface area contributed by atoms with Gasteiger partial charge in [0.1, 0.15) is 17.5 Å². The Morgan fingerprint density at radius 2 is 2.10 bits per heavy atom. The van der Waals surface area contributed by atoms with Gasteiger partial charge >= 0.3 is 0 Å². The highest BCUT2D eigenvalue weighted by Gasteiger charge is 2.19. The van der Waals surface area contributed by atoms with Gasteiger partial charge in [0.05, 0.1) is 6.54 Å². The second kappa shape index (κ2) is 7.24. The predicted octanol–water partition coefficient (Wildman–Crippen LogP) is 1.67. The van der Waals surface area contributed by atoms with Gasteiger partial charge in [0.25, 0.3) is 0 Å². The van der Waals surface area contributed by atoms with Gasteiger partial charge in [-0.1, -0.05) is 6.92 Å². The standard InChI is InChI=1S/C15H25N5O/c1-4-7-16-13-10-14(18-12(2)17-13)19(3)11-15(21)20-8-5-6-9-20/h10H,4-9,11H2,1-3H3,(H,16,17,18). The van der Waals surface area contributed by atoms with E-state index in [9.17, 15) is 4.79 Å². The van der Waals surface area contributed by atoms with Crippen LogP contribution in [0.3, 0.4) is 0 Å². The maximum absolute atomic E-state index is 12.2. The molecule has 1 aliphatic rings. The molecule has 6 heteroatoms. The fraction of sp³-hybridized carbons (Fsp3) is 0.667. The molecule has 21 heavy (non-hydrogen) atoms. The van der Waals surface area contributed by atoms with Gasteiger partial charge in [0.2, 0.25) is 5.91 Å². The molecular formula is C15H25N5O. The minimum Gasteiger partial charge on any atom is -0.370 e. The topological polar surface area (TPSA) is 61.4 Å². The molecule has 2 heterocycles. The largest absolute Gasteiger partial charge is 0.370 e. The molecule has 0 radical (unpaired) electrons. The van der Waals surface area contributed by atoms with E-state index in [0.29, 0.717) is 12.4 Å². The summed E-state index contributed by atoms with van der Waals surface area (Å²) in [6, 6.07) is 1.90. The van der Waals surface area contributed by atoms with Crippen LogP contribution in [0.15, 0.2) is 6.07 Å². The fourth-order valence-electron chi connectivity index (χ4n) is 2.44. The van der Waals surface area contributed by atoms with Crippen LogP contribution >= 0.6 is 0 Å². The molecular weight excluding hydrogens is 266 g/mol. The quantitative estimate of drug-likeness (QED) is 0.864. The van der Waals surface area contributed by atoms with Crippen molar-refractivity contribution in [3.05, 3.63) is 11.9 Å². The van der Waals surface area contributed by atoms with E-state index in [1.165, 1.54) is 0 Å². The molecule has 1 N–H and O–H groups in total. The van der Waals surface area contributed by atoms with Crippen LogP contribution in [0.4, 0.5) is 11.6 Å². The molecule has 1 aliphatic heterocycles. The van der Waals surface area contributed by atoms with Crippen LogP contribution in [0.25, 0.3) is 0 Å². The molecule has 6 nitrogen and oxygen atoms in total. The summed E-state index contributed by atoms with van der Waals surface area (Å²) in [6.45, 7) is 7.01. The number of nitrogens with zero attached hydrogens (tertiary/aromatic N) is 4. The number of carbonyl (C=O) groups is 1. The Morgan fingerprint density at radius 3 is 2.76 bits per heavy atom. The van der Waals surface area contributed by atoms with Crippen molar-refractivity contribution < 1.29 is 4.79 Å². The summed E-state index contributed by atoms with van der Waals surface area (Å²) >= 11 is 0. The van der Waals surface area contributed by atoms with Crippen LogP contribution in [0, 0.1) is 6.92 Å². The summed E-state index contributed by atoms with van der Waals surface area (Å²) in [6.07, 6.45) is 3.28. The van der Waals surface area contributed by atoms with Crippen LogP contribution < -0.4 is 10.2 Å². The molecule has 0 aliphatic carbocycles. The first-order valence-electron chi connectivity index (χ1n) is 7.68. The molecule has 2 rings (SSSR count). The molecule has 1 saturated heterocycles. The number of carbonyl (C=O) groups excluding carboxylic acids is 1. The highest BCUT2D eigenvalue weighted by molar-refractivity contribution is 5.81. The molecule has 1 fully saturated rings. The first kappa shape index (κ1) is 15.5. The maximum Gasteiger partial charge on any atom is 0.242 e. The SMILES string of the molecule is CCCNc1cc(N(C)CC(=O)N2CCCC2)nc(C)n1. The Balaban J connectivity index is 2.01. The average Bonchev–Trinajstić information content (AvgIpc) is 2.98. The van der Waals surface area contributed by atoms with Gasteiger partial charge in [-0.25, -0.2) is 9.97 Å². The summed E-state index contributed by atoms with van der Waals surface area (Å²) in [5.41, 5.74) is 0. The van der Waals surface area contributed by atoms with Crippen LogP contribution in [-0.2, 0) is 4.79 Å². The number of aryl methyl sites for hydroxylation is 1. The van der Waals surface area contributed by atoms with E-state index < -0.39 is 0 Å². The molecule has 0 spiro atoms. The third kappa shape index (κ3) is 4.31. The molecule has 1 aromatic heterocycles. The van der Waals surface area contributed by atoms with Crippen LogP contribution in [0.1, 0.15) is 32.0 Å². The van der Waals surface area contributed by atoms with E-state index in [1.807, 2.05) is 29.8 Å². The molecule has 116 valence electrons. The van der Waals surface area contributed by atoms with Gasteiger partial charge in [0.15, 0.2) is 0 Å². The van der Waals surface area contributed by atoms with E-state index in [0.717, 1.165) is 50.5 Å². The van der Waals surface area contributed by atoms with E-state index in [4.69, 9.17) is 0 Å². The van der Waals surface area contributed by atoms with Gasteiger partial charge in [-0.3, -0.25) is 4.79 Å². The van der Waals surface area contributed by atoms with Crippen molar-refractivity contribution in [1.82, 2.24) is 14.9 Å². The van der Waals surface area contributed by atoms with Crippen molar-refractivity contribution in [3.63, 3.8) is 0 Å². The van der Waals surface area contributed by atoms with Gasteiger partial charge in [-0.15, -0.1) is 0 Å². The predicted molar refractivity (Wildman–Crippen MR) is 84.6 cm³/mol. The van der Waals surface area contributed by atoms with Crippen LogP contribution in [0.2, 0.25) is 0 Å². The van der Waals surface area contributed by atoms with Crippen molar-refractivity contribution in [2.24, 2.45) is 0 Å². The fourth-order valence-corrected chi connectivity index (χ4v) is 2.44. The highest BCUT2D eigenvalue weighted by atomic mass is 16.2. The molecule has 0 saturated carbocycles. The Hall–Kier alpha value is -1.85. The first-order chi connectivity index (χ1) is 10.1. The van der Waals surface area contributed by atoms with E-state index >= 15 is 0 Å². The van der Waals surface area contributed by atoms with Gasteiger partial charge in [-0.2, -0.15) is 0 Å². The number of anilines is 2. The number of nitrogens with one attached hydrogen (secondary N) is 1. The Labute approximate surface area is 126 Å². The number of likely N-dealkylation sites (tertiary alicyclic amines) is 1. The van der Waals surface area contributed by atoms with Crippen molar-refractivity contribution >= 4 is 17.5 Å². The van der Waals surface area contributed by atoms with Crippen molar-refractivity contribution in [3.8, 4) is 0 Å². The number of hydrogen-bond donors (Lipinski definition) is 1. The molecule has 0 unspecified atom stereocenters. The summed E-state index contributed by atoms with van der Waals surface area (Å²) < 4.78 is 0. The lowest BCUT2D eigenvalue weighted by atomic mass is 10.4. The van der Waals surface area contributed by atoms with Crippen molar-refractivity contribution in [2.75, 3.05) is 43.4 Å². The molecule has 1 amide bonds. The van der Waals surface area contributed by atoms with Gasteiger partial charge in [0, 0.05) is 32.7 Å². The van der Waals surface area contributed by atoms with Crippen LogP contribution in [0.5, 0.6) is 0 Å². The average molecular weight is 291 g/mol. The lowest BCUT2D eigenvalue weighted by Gasteiger charge is -2.22. The Morgan fingerprint density at radius 1 is 1.38 bits per heavy atom. The normalized spacial score (nSPS) is 14.3. The van der Waals surface area contributed by atoms with Crippen molar-refractivity contribution in [1.29, 1.82) is 0 Å². The number of likely N-dealkylation sites (N-methyl/N-ethyl adjacent to an activating group) is 1. The Bertz CT molecular complexity index is 485. The zero-order chi connectivity index (χ0) is 15.2. The lowest BCUT2D eigenvalue weighted by molar-refractivity contribution is -0.128. The van der Waals surface area contributed by atoms with Crippen LogP contribution in [-0.4, -0.2) is 54.0 Å². The minimum atomic E-state index is 0.175. The maximum atomic E-state index is 12.2. The molecule has 0 aromatic carbocycles. The molecule has 0 atom stereocenters. The third-order valence-corrected chi connectivity index (χ3v) is 3.60. The highest BCUT2D eigenvalue weighted by Crippen LogP contribution is 2.15. The number of rotatable bonds is 6. The summed E-state index contributed by atoms with van der Waals surface area (Å²) in [5, 5.41) is 3.27. The Kier molecular flexibility index (Phi) is 5.36. The zero-order valence-electron chi connectivity index (χ0n) is 13.2. The van der Waals surface area contributed by atoms with Crippen molar-refractivity contribution in [2.45, 2.75) is 33.1 Å². The number of aromatic nitrogens is 2. The monoisotopic (exact) mass is 291 g/mol. The number of amides is 1. The second-order valence-corrected chi connectivity index (χ2v) is 5.53. The van der Waals surface area contributed by atoms with Gasteiger partial charge in [-0.05, 0) is 26.2 Å². The smallest absolute Gasteiger partial charge is 0.242 e. The second-order valence-electron chi connectivity index (χ2n) is 5.53. The van der Waals surface area contributed by atoms with E-state index in [1.54, 1.807) is 0 Å². The summed E-state index contributed by atoms with van der Waals surface area (Å²) in [4.78, 5) is 24.8. The summed E-state index contributed by atoms with van der Waals surface area (Å²) in [5.74, 6) is 2.49. The zero-order valence-corrected chi connectivity index (χ0v) is 13.2. The lowest BCUT2D eigenvalue weighted by Crippen LogP contribution is -2.37. The van der Waals surface area contributed by atoms with E-state index in [-0.39, 0.29) is 5.91 Å². The minimum absolute atomic E-state index is 0.175.